The molecule has 0 fully saturated rings. The molecule has 0 saturated heterocycles. The Bertz CT molecular complexity index is 515. The predicted octanol–water partition coefficient (Wildman–Crippen LogP) is 3.55. The second kappa shape index (κ2) is 7.41. The number of Topliss-reactive ketones (excluding diaryl/α,β-unsaturated/α-hetero) is 1. The minimum atomic E-state index is 0.0625. The van der Waals surface area contributed by atoms with Crippen LogP contribution in [0.4, 0.5) is 0 Å². The van der Waals surface area contributed by atoms with Gasteiger partial charge in [0.15, 0.2) is 5.78 Å². The molecule has 100 valence electrons. The number of aromatic nitrogens is 2. The van der Waals surface area contributed by atoms with Gasteiger partial charge in [-0.1, -0.05) is 13.0 Å². The average Bonchev–Trinajstić information content (AvgIpc) is 2.41. The molecule has 0 radical (unpaired) electrons. The van der Waals surface area contributed by atoms with E-state index in [1.54, 1.807) is 12.3 Å². The maximum Gasteiger partial charge on any atom is 0.161 e. The van der Waals surface area contributed by atoms with Gasteiger partial charge in [0.1, 0.15) is 0 Å². The zero-order chi connectivity index (χ0) is 14.3. The van der Waals surface area contributed by atoms with Crippen molar-refractivity contribution in [3.8, 4) is 0 Å². The normalized spacial score (nSPS) is 9.47. The SMILES string of the molecule is CC(=O)c1ccc(C)nc1.CCc1ccc(C)nc1. The van der Waals surface area contributed by atoms with Crippen LogP contribution in [-0.4, -0.2) is 15.8 Å². The number of nitrogens with zero attached hydrogens (tertiary/aromatic N) is 2. The molecule has 0 spiro atoms. The van der Waals surface area contributed by atoms with Crippen LogP contribution in [0.2, 0.25) is 0 Å². The predicted molar refractivity (Wildman–Crippen MR) is 77.3 cm³/mol. The molecule has 0 aromatic carbocycles. The van der Waals surface area contributed by atoms with E-state index in [2.05, 4.69) is 23.0 Å². The van der Waals surface area contributed by atoms with E-state index in [0.29, 0.717) is 5.56 Å². The lowest BCUT2D eigenvalue weighted by atomic mass is 10.2. The summed E-state index contributed by atoms with van der Waals surface area (Å²) in [6.45, 7) is 7.56. The molecule has 0 amide bonds. The van der Waals surface area contributed by atoms with E-state index in [0.717, 1.165) is 17.8 Å². The quantitative estimate of drug-likeness (QED) is 0.772. The van der Waals surface area contributed by atoms with Crippen LogP contribution in [0, 0.1) is 13.8 Å². The first-order valence-corrected chi connectivity index (χ1v) is 6.38. The van der Waals surface area contributed by atoms with Gasteiger partial charge in [0, 0.05) is 29.3 Å². The largest absolute Gasteiger partial charge is 0.294 e. The maximum atomic E-state index is 10.7. The van der Waals surface area contributed by atoms with Gasteiger partial charge in [0.25, 0.3) is 0 Å². The monoisotopic (exact) mass is 256 g/mol. The Hall–Kier alpha value is -2.03. The van der Waals surface area contributed by atoms with Crippen LogP contribution < -0.4 is 0 Å². The third-order valence-electron chi connectivity index (χ3n) is 2.70. The molecule has 0 aliphatic heterocycles. The second-order valence-corrected chi connectivity index (χ2v) is 4.41. The Morgan fingerprint density at radius 2 is 1.58 bits per heavy atom. The van der Waals surface area contributed by atoms with Crippen LogP contribution in [0.1, 0.15) is 41.2 Å². The molecule has 0 atom stereocenters. The fourth-order valence-electron chi connectivity index (χ4n) is 1.38. The molecule has 0 N–H and O–H groups in total. The molecule has 2 aromatic heterocycles. The van der Waals surface area contributed by atoms with Crippen LogP contribution in [0.3, 0.4) is 0 Å². The van der Waals surface area contributed by atoms with Crippen molar-refractivity contribution in [1.82, 2.24) is 9.97 Å². The zero-order valence-corrected chi connectivity index (χ0v) is 12.0. The van der Waals surface area contributed by atoms with Gasteiger partial charge in [-0.3, -0.25) is 14.8 Å². The van der Waals surface area contributed by atoms with Crippen molar-refractivity contribution < 1.29 is 4.79 Å². The molecule has 2 rings (SSSR count). The minimum absolute atomic E-state index is 0.0625. The van der Waals surface area contributed by atoms with Gasteiger partial charge in [0.2, 0.25) is 0 Å². The van der Waals surface area contributed by atoms with E-state index >= 15 is 0 Å². The van der Waals surface area contributed by atoms with Crippen LogP contribution in [0.15, 0.2) is 36.7 Å². The van der Waals surface area contributed by atoms with Gasteiger partial charge >= 0.3 is 0 Å². The lowest BCUT2D eigenvalue weighted by molar-refractivity contribution is 0.101. The van der Waals surface area contributed by atoms with Crippen LogP contribution in [-0.2, 0) is 6.42 Å². The third-order valence-corrected chi connectivity index (χ3v) is 2.70. The smallest absolute Gasteiger partial charge is 0.161 e. The van der Waals surface area contributed by atoms with Crippen molar-refractivity contribution in [2.45, 2.75) is 34.1 Å². The first-order chi connectivity index (χ1) is 9.02. The van der Waals surface area contributed by atoms with Crippen LogP contribution in [0.5, 0.6) is 0 Å². The second-order valence-electron chi connectivity index (χ2n) is 4.41. The maximum absolute atomic E-state index is 10.7. The first kappa shape index (κ1) is 15.0. The van der Waals surface area contributed by atoms with E-state index in [-0.39, 0.29) is 5.78 Å². The summed E-state index contributed by atoms with van der Waals surface area (Å²) in [4.78, 5) is 18.8. The van der Waals surface area contributed by atoms with Gasteiger partial charge in [-0.05, 0) is 51.0 Å². The van der Waals surface area contributed by atoms with E-state index < -0.39 is 0 Å². The number of rotatable bonds is 2. The molecule has 19 heavy (non-hydrogen) atoms. The summed E-state index contributed by atoms with van der Waals surface area (Å²) in [6.07, 6.45) is 4.60. The highest BCUT2D eigenvalue weighted by Gasteiger charge is 1.96. The number of pyridine rings is 2. The number of carbonyl (C=O) groups excluding carboxylic acids is 1. The molecule has 0 bridgehead atoms. The molecular weight excluding hydrogens is 236 g/mol. The molecular formula is C16H20N2O. The molecule has 2 aromatic rings. The Labute approximate surface area is 114 Å². The Balaban J connectivity index is 0.000000191. The molecule has 0 unspecified atom stereocenters. The number of ketones is 1. The molecule has 0 aliphatic rings. The molecule has 0 aliphatic carbocycles. The summed E-state index contributed by atoms with van der Waals surface area (Å²) in [5.41, 5.74) is 4.00. The average molecular weight is 256 g/mol. The Morgan fingerprint density at radius 1 is 1.00 bits per heavy atom. The summed E-state index contributed by atoms with van der Waals surface area (Å²) in [7, 11) is 0. The topological polar surface area (TPSA) is 42.9 Å². The standard InChI is InChI=1S/C8H9NO.C8H11N/c1-6-3-4-8(5-9-6)7(2)10;1-3-8-5-4-7(2)9-6-8/h3-5H,1-2H3;4-6H,3H2,1-2H3. The van der Waals surface area contributed by atoms with Crippen molar-refractivity contribution in [2.24, 2.45) is 0 Å². The summed E-state index contributed by atoms with van der Waals surface area (Å²) in [5, 5.41) is 0. The molecule has 2 heterocycles. The highest BCUT2D eigenvalue weighted by atomic mass is 16.1. The van der Waals surface area contributed by atoms with Crippen molar-refractivity contribution in [3.05, 3.63) is 59.2 Å². The van der Waals surface area contributed by atoms with Crippen molar-refractivity contribution >= 4 is 5.78 Å². The van der Waals surface area contributed by atoms with E-state index in [1.807, 2.05) is 32.2 Å². The highest BCUT2D eigenvalue weighted by Crippen LogP contribution is 1.99. The van der Waals surface area contributed by atoms with Gasteiger partial charge in [-0.25, -0.2) is 0 Å². The van der Waals surface area contributed by atoms with Crippen LogP contribution >= 0.6 is 0 Å². The van der Waals surface area contributed by atoms with E-state index in [9.17, 15) is 4.79 Å². The minimum Gasteiger partial charge on any atom is -0.294 e. The van der Waals surface area contributed by atoms with Gasteiger partial charge in [-0.2, -0.15) is 0 Å². The Kier molecular flexibility index (Phi) is 5.86. The lowest BCUT2D eigenvalue weighted by Gasteiger charge is -1.93. The van der Waals surface area contributed by atoms with E-state index in [1.165, 1.54) is 12.5 Å². The fourth-order valence-corrected chi connectivity index (χ4v) is 1.38. The van der Waals surface area contributed by atoms with Crippen molar-refractivity contribution in [2.75, 3.05) is 0 Å². The van der Waals surface area contributed by atoms with E-state index in [4.69, 9.17) is 0 Å². The summed E-state index contributed by atoms with van der Waals surface area (Å²) < 4.78 is 0. The number of hydrogen-bond donors (Lipinski definition) is 0. The van der Waals surface area contributed by atoms with Gasteiger partial charge in [-0.15, -0.1) is 0 Å². The number of hydrogen-bond acceptors (Lipinski definition) is 3. The summed E-state index contributed by atoms with van der Waals surface area (Å²) >= 11 is 0. The van der Waals surface area contributed by atoms with Gasteiger partial charge in [0.05, 0.1) is 0 Å². The fraction of sp³-hybridized carbons (Fsp3) is 0.312. The zero-order valence-electron chi connectivity index (χ0n) is 12.0. The summed E-state index contributed by atoms with van der Waals surface area (Å²) in [5.74, 6) is 0.0625. The van der Waals surface area contributed by atoms with Crippen LogP contribution in [0.25, 0.3) is 0 Å². The Morgan fingerprint density at radius 3 is 1.95 bits per heavy atom. The lowest BCUT2D eigenvalue weighted by Crippen LogP contribution is -1.92. The number of carbonyl (C=O) groups is 1. The number of aryl methyl sites for hydroxylation is 3. The molecule has 3 nitrogen and oxygen atoms in total. The van der Waals surface area contributed by atoms with Gasteiger partial charge < -0.3 is 0 Å². The van der Waals surface area contributed by atoms with Crippen molar-refractivity contribution in [3.63, 3.8) is 0 Å². The summed E-state index contributed by atoms with van der Waals surface area (Å²) in [6, 6.07) is 7.77. The molecule has 0 saturated carbocycles. The first-order valence-electron chi connectivity index (χ1n) is 6.38. The highest BCUT2D eigenvalue weighted by molar-refractivity contribution is 5.93. The third kappa shape index (κ3) is 5.42. The molecule has 3 heteroatoms. The van der Waals surface area contributed by atoms with Crippen molar-refractivity contribution in [1.29, 1.82) is 0 Å².